The molecule has 0 bridgehead atoms. The van der Waals surface area contributed by atoms with Crippen LogP contribution in [0.4, 0.5) is 0 Å². The highest BCUT2D eigenvalue weighted by atomic mass is 14.4. The van der Waals surface area contributed by atoms with Gasteiger partial charge in [-0.05, 0) is 13.0 Å². The molecule has 1 aliphatic rings. The van der Waals surface area contributed by atoms with Gasteiger partial charge in [-0.25, -0.2) is 0 Å². The molecule has 1 nitrogen and oxygen atoms in total. The maximum Gasteiger partial charge on any atom is -0.0195 e. The standard InChI is InChI=1S/C7H14.CH5N/c1-7-5-3-2-4-6-7;1-2/h7H,2-6H2,1H3;2H2,1H3. The van der Waals surface area contributed by atoms with Crippen molar-refractivity contribution < 1.29 is 0 Å². The second-order valence-electron chi connectivity index (χ2n) is 2.74. The van der Waals surface area contributed by atoms with Gasteiger partial charge in [-0.15, -0.1) is 0 Å². The zero-order chi connectivity index (χ0) is 7.11. The molecule has 56 valence electrons. The molecule has 2 N–H and O–H groups in total. The molecule has 0 heterocycles. The average molecular weight is 129 g/mol. The third kappa shape index (κ3) is 4.46. The monoisotopic (exact) mass is 129 g/mol. The number of nitrogens with two attached hydrogens (primary N) is 1. The third-order valence-corrected chi connectivity index (χ3v) is 1.89. The van der Waals surface area contributed by atoms with Crippen molar-refractivity contribution in [3.8, 4) is 0 Å². The number of hydrogen-bond acceptors (Lipinski definition) is 1. The maximum absolute atomic E-state index is 4.50. The van der Waals surface area contributed by atoms with Gasteiger partial charge in [-0.2, -0.15) is 0 Å². The minimum Gasteiger partial charge on any atom is -0.333 e. The second-order valence-corrected chi connectivity index (χ2v) is 2.74. The van der Waals surface area contributed by atoms with Gasteiger partial charge in [0.15, 0.2) is 0 Å². The van der Waals surface area contributed by atoms with Crippen LogP contribution < -0.4 is 5.73 Å². The van der Waals surface area contributed by atoms with Gasteiger partial charge in [0.1, 0.15) is 0 Å². The molecule has 0 unspecified atom stereocenters. The summed E-state index contributed by atoms with van der Waals surface area (Å²) in [6.07, 6.45) is 7.44. The van der Waals surface area contributed by atoms with Gasteiger partial charge in [-0.3, -0.25) is 0 Å². The fraction of sp³-hybridized carbons (Fsp3) is 1.00. The first-order valence-electron chi connectivity index (χ1n) is 3.97. The summed E-state index contributed by atoms with van der Waals surface area (Å²) in [4.78, 5) is 0. The van der Waals surface area contributed by atoms with E-state index >= 15 is 0 Å². The minimum atomic E-state index is 1.04. The van der Waals surface area contributed by atoms with Crippen LogP contribution in [-0.4, -0.2) is 7.05 Å². The normalized spacial score (nSPS) is 20.3. The predicted octanol–water partition coefficient (Wildman–Crippen LogP) is 2.16. The molecule has 9 heavy (non-hydrogen) atoms. The topological polar surface area (TPSA) is 26.0 Å². The fourth-order valence-electron chi connectivity index (χ4n) is 1.31. The Labute approximate surface area is 58.6 Å². The van der Waals surface area contributed by atoms with E-state index in [1.54, 1.807) is 0 Å². The Morgan fingerprint density at radius 3 is 1.67 bits per heavy atom. The summed E-state index contributed by atoms with van der Waals surface area (Å²) >= 11 is 0. The van der Waals surface area contributed by atoms with Crippen LogP contribution >= 0.6 is 0 Å². The van der Waals surface area contributed by atoms with E-state index in [4.69, 9.17) is 0 Å². The van der Waals surface area contributed by atoms with Crippen molar-refractivity contribution >= 4 is 0 Å². The molecule has 1 rings (SSSR count). The van der Waals surface area contributed by atoms with Crippen molar-refractivity contribution in [2.45, 2.75) is 39.0 Å². The van der Waals surface area contributed by atoms with Crippen molar-refractivity contribution in [1.82, 2.24) is 0 Å². The summed E-state index contributed by atoms with van der Waals surface area (Å²) in [5.74, 6) is 1.04. The van der Waals surface area contributed by atoms with E-state index in [1.165, 1.54) is 39.2 Å². The first-order chi connectivity index (χ1) is 4.39. The van der Waals surface area contributed by atoms with Crippen LogP contribution in [-0.2, 0) is 0 Å². The Bertz CT molecular complexity index is 46.5. The van der Waals surface area contributed by atoms with E-state index < -0.39 is 0 Å². The van der Waals surface area contributed by atoms with E-state index in [9.17, 15) is 0 Å². The second kappa shape index (κ2) is 6.09. The van der Waals surface area contributed by atoms with Gasteiger partial charge >= 0.3 is 0 Å². The van der Waals surface area contributed by atoms with Gasteiger partial charge in [-0.1, -0.05) is 39.0 Å². The molecule has 0 radical (unpaired) electrons. The third-order valence-electron chi connectivity index (χ3n) is 1.89. The van der Waals surface area contributed by atoms with Crippen molar-refractivity contribution in [3.63, 3.8) is 0 Å². The summed E-state index contributed by atoms with van der Waals surface area (Å²) in [7, 11) is 1.50. The Morgan fingerprint density at radius 2 is 1.44 bits per heavy atom. The molecule has 0 saturated heterocycles. The highest BCUT2D eigenvalue weighted by Gasteiger charge is 2.05. The van der Waals surface area contributed by atoms with Crippen molar-refractivity contribution in [2.24, 2.45) is 11.7 Å². The van der Waals surface area contributed by atoms with E-state index in [0.29, 0.717) is 0 Å². The molecular weight excluding hydrogens is 110 g/mol. The van der Waals surface area contributed by atoms with Crippen molar-refractivity contribution in [1.29, 1.82) is 0 Å². The molecule has 1 heteroatoms. The van der Waals surface area contributed by atoms with Crippen LogP contribution in [0.25, 0.3) is 0 Å². The van der Waals surface area contributed by atoms with Crippen LogP contribution in [0.5, 0.6) is 0 Å². The molecule has 0 aromatic heterocycles. The molecule has 0 aliphatic heterocycles. The van der Waals surface area contributed by atoms with E-state index in [0.717, 1.165) is 5.92 Å². The molecule has 1 fully saturated rings. The molecular formula is C8H19N. The summed E-state index contributed by atoms with van der Waals surface area (Å²) in [6, 6.07) is 0. The largest absolute Gasteiger partial charge is 0.333 e. The molecule has 1 aliphatic carbocycles. The first kappa shape index (κ1) is 8.96. The van der Waals surface area contributed by atoms with Gasteiger partial charge in [0.05, 0.1) is 0 Å². The first-order valence-corrected chi connectivity index (χ1v) is 3.97. The van der Waals surface area contributed by atoms with Crippen LogP contribution in [0.3, 0.4) is 0 Å². The molecule has 0 aromatic rings. The summed E-state index contributed by atoms with van der Waals surface area (Å²) < 4.78 is 0. The van der Waals surface area contributed by atoms with Crippen molar-refractivity contribution in [2.75, 3.05) is 7.05 Å². The molecule has 0 atom stereocenters. The SMILES string of the molecule is CC1CCCCC1.CN. The molecule has 1 saturated carbocycles. The lowest BCUT2D eigenvalue weighted by Gasteiger charge is -2.15. The van der Waals surface area contributed by atoms with Crippen LogP contribution in [0.2, 0.25) is 0 Å². The lowest BCUT2D eigenvalue weighted by atomic mass is 9.91. The van der Waals surface area contributed by atoms with E-state index in [2.05, 4.69) is 12.7 Å². The number of rotatable bonds is 0. The van der Waals surface area contributed by atoms with Crippen LogP contribution in [0, 0.1) is 5.92 Å². The fourth-order valence-corrected chi connectivity index (χ4v) is 1.31. The molecule has 0 aromatic carbocycles. The van der Waals surface area contributed by atoms with Crippen LogP contribution in [0.15, 0.2) is 0 Å². The zero-order valence-electron chi connectivity index (χ0n) is 6.69. The molecule has 0 spiro atoms. The lowest BCUT2D eigenvalue weighted by Crippen LogP contribution is -1.99. The van der Waals surface area contributed by atoms with Gasteiger partial charge in [0.2, 0.25) is 0 Å². The Hall–Kier alpha value is -0.0400. The maximum atomic E-state index is 4.50. The minimum absolute atomic E-state index is 1.04. The Kier molecular flexibility index (Phi) is 6.06. The Morgan fingerprint density at radius 1 is 1.00 bits per heavy atom. The smallest absolute Gasteiger partial charge is 0.0195 e. The summed E-state index contributed by atoms with van der Waals surface area (Å²) in [5.41, 5.74) is 4.50. The lowest BCUT2D eigenvalue weighted by molar-refractivity contribution is 0.385. The van der Waals surface area contributed by atoms with Gasteiger partial charge in [0, 0.05) is 0 Å². The summed E-state index contributed by atoms with van der Waals surface area (Å²) in [5, 5.41) is 0. The van der Waals surface area contributed by atoms with E-state index in [1.807, 2.05) is 0 Å². The predicted molar refractivity (Wildman–Crippen MR) is 42.4 cm³/mol. The zero-order valence-corrected chi connectivity index (χ0v) is 6.69. The average Bonchev–Trinajstić information content (AvgIpc) is 1.94. The quantitative estimate of drug-likeness (QED) is 0.533. The van der Waals surface area contributed by atoms with Crippen LogP contribution in [0.1, 0.15) is 39.0 Å². The van der Waals surface area contributed by atoms with Gasteiger partial charge < -0.3 is 5.73 Å². The highest BCUT2D eigenvalue weighted by molar-refractivity contribution is 4.59. The Balaban J connectivity index is 0.000000291. The summed E-state index contributed by atoms with van der Waals surface area (Å²) in [6.45, 7) is 2.36. The molecule has 0 amide bonds. The number of hydrogen-bond donors (Lipinski definition) is 1. The van der Waals surface area contributed by atoms with E-state index in [-0.39, 0.29) is 0 Å². The van der Waals surface area contributed by atoms with Crippen molar-refractivity contribution in [3.05, 3.63) is 0 Å². The highest BCUT2D eigenvalue weighted by Crippen LogP contribution is 2.21. The van der Waals surface area contributed by atoms with Gasteiger partial charge in [0.25, 0.3) is 0 Å².